The van der Waals surface area contributed by atoms with Crippen molar-refractivity contribution in [3.05, 3.63) is 42.0 Å². The average molecular weight is 397 g/mol. The zero-order valence-corrected chi connectivity index (χ0v) is 14.8. The van der Waals surface area contributed by atoms with E-state index in [1.807, 2.05) is 0 Å². The largest absolute Gasteiger partial charge is 0.476 e. The Morgan fingerprint density at radius 2 is 1.75 bits per heavy atom. The Hall–Kier alpha value is -2.45. The first kappa shape index (κ1) is 18.9. The summed E-state index contributed by atoms with van der Waals surface area (Å²) in [4.78, 5) is 20.6. The molecule has 0 aromatic carbocycles. The lowest BCUT2D eigenvalue weighted by Crippen LogP contribution is -2.33. The van der Waals surface area contributed by atoms with Gasteiger partial charge in [0, 0.05) is 13.1 Å². The molecule has 0 radical (unpaired) electrons. The number of fused-ring (bicyclic) bond motifs is 1. The zero-order valence-electron chi connectivity index (χ0n) is 14.8. The molecule has 0 bridgehead atoms. The Bertz CT molecular complexity index is 825. The molecule has 5 nitrogen and oxygen atoms in total. The van der Waals surface area contributed by atoms with Crippen LogP contribution in [0.3, 0.4) is 0 Å². The van der Waals surface area contributed by atoms with Gasteiger partial charge >= 0.3 is 12.1 Å². The highest BCUT2D eigenvalue weighted by atomic mass is 19.4. The van der Waals surface area contributed by atoms with Crippen LogP contribution >= 0.6 is 0 Å². The van der Waals surface area contributed by atoms with E-state index in [1.54, 1.807) is 17.1 Å². The van der Waals surface area contributed by atoms with Gasteiger partial charge in [-0.2, -0.15) is 13.2 Å². The first-order valence-corrected chi connectivity index (χ1v) is 9.16. The topological polar surface area (TPSA) is 66.3 Å². The van der Waals surface area contributed by atoms with E-state index < -0.39 is 35.5 Å². The molecule has 5 atom stereocenters. The van der Waals surface area contributed by atoms with Crippen molar-refractivity contribution in [2.75, 3.05) is 18.0 Å². The highest BCUT2D eigenvalue weighted by molar-refractivity contribution is 5.85. The van der Waals surface area contributed by atoms with Crippen molar-refractivity contribution in [1.82, 2.24) is 9.97 Å². The normalized spacial score (nSPS) is 32.0. The van der Waals surface area contributed by atoms with E-state index in [-0.39, 0.29) is 23.7 Å². The second kappa shape index (κ2) is 6.86. The predicted octanol–water partition coefficient (Wildman–Crippen LogP) is 3.70. The van der Waals surface area contributed by atoms with Crippen LogP contribution in [0.4, 0.5) is 23.5 Å². The number of hydrogen-bond donors (Lipinski definition) is 1. The Morgan fingerprint density at radius 1 is 1.11 bits per heavy atom. The predicted molar refractivity (Wildman–Crippen MR) is 92.2 cm³/mol. The molecule has 28 heavy (non-hydrogen) atoms. The van der Waals surface area contributed by atoms with Gasteiger partial charge in [0.05, 0.1) is 12.1 Å². The molecule has 1 saturated carbocycles. The molecule has 0 amide bonds. The van der Waals surface area contributed by atoms with E-state index in [0.717, 1.165) is 6.20 Å². The number of halogens is 4. The fourth-order valence-corrected chi connectivity index (χ4v) is 4.89. The molecule has 1 aromatic heterocycles. The van der Waals surface area contributed by atoms with Crippen molar-refractivity contribution in [1.29, 1.82) is 0 Å². The molecule has 1 N–H and O–H groups in total. The number of nitrogens with zero attached hydrogens (tertiary/aromatic N) is 3. The van der Waals surface area contributed by atoms with Gasteiger partial charge in [0.25, 0.3) is 0 Å². The number of anilines is 1. The Balaban J connectivity index is 1.45. The molecular formula is C19H19F4N3O2. The number of allylic oxidation sites excluding steroid dienone is 4. The summed E-state index contributed by atoms with van der Waals surface area (Å²) in [6.07, 6.45) is 3.98. The minimum atomic E-state index is -4.26. The van der Waals surface area contributed by atoms with Crippen molar-refractivity contribution in [3.8, 4) is 0 Å². The Morgan fingerprint density at radius 3 is 2.36 bits per heavy atom. The maximum atomic E-state index is 13.5. The summed E-state index contributed by atoms with van der Waals surface area (Å²) in [5.74, 6) is -3.96. The Labute approximate surface area is 158 Å². The lowest BCUT2D eigenvalue weighted by Gasteiger charge is -2.31. The minimum Gasteiger partial charge on any atom is -0.476 e. The summed E-state index contributed by atoms with van der Waals surface area (Å²) in [5.41, 5.74) is -0.674. The van der Waals surface area contributed by atoms with Crippen molar-refractivity contribution >= 4 is 11.9 Å². The van der Waals surface area contributed by atoms with Gasteiger partial charge in [0.2, 0.25) is 5.95 Å². The third-order valence-electron chi connectivity index (χ3n) is 6.10. The number of alkyl halides is 3. The number of aromatic nitrogens is 2. The fraction of sp³-hybridized carbons (Fsp3) is 0.526. The number of aromatic carboxylic acids is 1. The molecule has 1 saturated heterocycles. The summed E-state index contributed by atoms with van der Waals surface area (Å²) in [7, 11) is 0. The average Bonchev–Trinajstić information content (AvgIpc) is 3.20. The first-order chi connectivity index (χ1) is 13.2. The quantitative estimate of drug-likeness (QED) is 0.788. The molecule has 150 valence electrons. The minimum absolute atomic E-state index is 0.0475. The number of carbonyl (C=O) groups is 1. The van der Waals surface area contributed by atoms with Crippen molar-refractivity contribution in [3.63, 3.8) is 0 Å². The fourth-order valence-electron chi connectivity index (χ4n) is 4.89. The van der Waals surface area contributed by atoms with Crippen LogP contribution in [0, 0.1) is 35.4 Å². The van der Waals surface area contributed by atoms with E-state index in [1.165, 1.54) is 12.2 Å². The van der Waals surface area contributed by atoms with Crippen molar-refractivity contribution in [2.45, 2.75) is 19.0 Å². The van der Waals surface area contributed by atoms with Gasteiger partial charge in [-0.3, -0.25) is 0 Å². The van der Waals surface area contributed by atoms with Gasteiger partial charge < -0.3 is 10.0 Å². The first-order valence-electron chi connectivity index (χ1n) is 9.16. The third kappa shape index (κ3) is 3.38. The summed E-state index contributed by atoms with van der Waals surface area (Å²) in [5, 5.41) is 9.01. The monoisotopic (exact) mass is 397 g/mol. The summed E-state index contributed by atoms with van der Waals surface area (Å²) < 4.78 is 53.6. The van der Waals surface area contributed by atoms with Gasteiger partial charge in [-0.05, 0) is 36.5 Å². The molecule has 2 aliphatic carbocycles. The number of carboxylic acids is 1. The van der Waals surface area contributed by atoms with E-state index in [4.69, 9.17) is 5.11 Å². The summed E-state index contributed by atoms with van der Waals surface area (Å²) >= 11 is 0. The molecule has 4 rings (SSSR count). The molecule has 9 heteroatoms. The van der Waals surface area contributed by atoms with E-state index in [0.29, 0.717) is 25.9 Å². The van der Waals surface area contributed by atoms with E-state index >= 15 is 0 Å². The van der Waals surface area contributed by atoms with Crippen LogP contribution in [0.1, 0.15) is 23.3 Å². The molecule has 2 heterocycles. The van der Waals surface area contributed by atoms with Crippen LogP contribution in [0.5, 0.6) is 0 Å². The highest BCUT2D eigenvalue weighted by Gasteiger charge is 2.50. The van der Waals surface area contributed by atoms with Crippen LogP contribution < -0.4 is 4.90 Å². The number of rotatable bonds is 3. The van der Waals surface area contributed by atoms with Gasteiger partial charge in [0.1, 0.15) is 0 Å². The second-order valence-corrected chi connectivity index (χ2v) is 7.74. The van der Waals surface area contributed by atoms with Crippen LogP contribution in [-0.4, -0.2) is 40.3 Å². The lowest BCUT2D eigenvalue weighted by molar-refractivity contribution is -0.174. The molecule has 0 spiro atoms. The molecule has 2 fully saturated rings. The molecule has 3 aliphatic rings. The lowest BCUT2D eigenvalue weighted by atomic mass is 9.77. The van der Waals surface area contributed by atoms with Crippen LogP contribution in [-0.2, 0) is 0 Å². The van der Waals surface area contributed by atoms with E-state index in [9.17, 15) is 22.4 Å². The molecule has 1 aliphatic heterocycles. The highest BCUT2D eigenvalue weighted by Crippen LogP contribution is 2.50. The summed E-state index contributed by atoms with van der Waals surface area (Å²) in [6.45, 7) is 1.07. The van der Waals surface area contributed by atoms with Gasteiger partial charge in [-0.15, -0.1) is 0 Å². The van der Waals surface area contributed by atoms with Crippen LogP contribution in [0.2, 0.25) is 0 Å². The maximum absolute atomic E-state index is 13.5. The van der Waals surface area contributed by atoms with Gasteiger partial charge in [0.15, 0.2) is 11.5 Å². The molecule has 2 unspecified atom stereocenters. The standard InChI is InChI=1S/C19H19F4N3O2/c20-15-7-24-18(25-16(15)17(27)28)26-8-11-5-10(6-12(11)9-26)13-3-1-2-4-14(13)19(21,22)23/h1-4,7,10-14H,5-6,8-9H2,(H,27,28)/t10-,11-,12+,13?,14?. The second-order valence-electron chi connectivity index (χ2n) is 7.74. The maximum Gasteiger partial charge on any atom is 0.395 e. The van der Waals surface area contributed by atoms with Crippen LogP contribution in [0.25, 0.3) is 0 Å². The van der Waals surface area contributed by atoms with Gasteiger partial charge in [-0.1, -0.05) is 24.3 Å². The van der Waals surface area contributed by atoms with E-state index in [2.05, 4.69) is 9.97 Å². The number of carboxylic acid groups (broad SMARTS) is 1. The van der Waals surface area contributed by atoms with Gasteiger partial charge in [-0.25, -0.2) is 19.2 Å². The molecular weight excluding hydrogens is 378 g/mol. The number of hydrogen-bond acceptors (Lipinski definition) is 4. The zero-order chi connectivity index (χ0) is 20.1. The van der Waals surface area contributed by atoms with Crippen molar-refractivity contribution in [2.24, 2.45) is 29.6 Å². The Kier molecular flexibility index (Phi) is 4.63. The smallest absolute Gasteiger partial charge is 0.395 e. The third-order valence-corrected chi connectivity index (χ3v) is 6.10. The SMILES string of the molecule is O=C(O)c1nc(N2C[C@H]3C[C@@H](C4C=CC=CC4C(F)(F)F)C[C@H]3C2)ncc1F. The summed E-state index contributed by atoms with van der Waals surface area (Å²) in [6, 6.07) is 0. The molecule has 1 aromatic rings. The van der Waals surface area contributed by atoms with Crippen LogP contribution in [0.15, 0.2) is 30.5 Å². The van der Waals surface area contributed by atoms with Crippen molar-refractivity contribution < 1.29 is 27.5 Å².